The van der Waals surface area contributed by atoms with Crippen LogP contribution in [0.25, 0.3) is 24.3 Å². The second-order valence-electron chi connectivity index (χ2n) is 7.57. The fourth-order valence-corrected chi connectivity index (χ4v) is 6.54. The molecule has 0 atom stereocenters. The molecule has 32 heavy (non-hydrogen) atoms. The molecule has 0 radical (unpaired) electrons. The summed E-state index contributed by atoms with van der Waals surface area (Å²) in [5.74, 6) is -0.0403. The van der Waals surface area contributed by atoms with Crippen molar-refractivity contribution in [1.82, 2.24) is 9.62 Å². The number of benzene rings is 1. The van der Waals surface area contributed by atoms with Crippen LogP contribution in [0.4, 0.5) is 10.5 Å². The Morgan fingerprint density at radius 3 is 2.69 bits per heavy atom. The number of hydrogen-bond donors (Lipinski definition) is 2. The Hall–Kier alpha value is -2.17. The van der Waals surface area contributed by atoms with E-state index in [0.29, 0.717) is 25.2 Å². The summed E-state index contributed by atoms with van der Waals surface area (Å²) in [5, 5.41) is 4.55. The van der Waals surface area contributed by atoms with E-state index in [9.17, 15) is 18.0 Å². The van der Waals surface area contributed by atoms with Crippen LogP contribution in [0.1, 0.15) is 28.5 Å². The van der Waals surface area contributed by atoms with Gasteiger partial charge in [-0.1, -0.05) is 36.5 Å². The van der Waals surface area contributed by atoms with Crippen LogP contribution < -0.4 is 20.5 Å². The third-order valence-corrected chi connectivity index (χ3v) is 8.55. The molecule has 5 rings (SSSR count). The summed E-state index contributed by atoms with van der Waals surface area (Å²) in [6, 6.07) is 2.82. The van der Waals surface area contributed by atoms with Crippen molar-refractivity contribution in [2.75, 3.05) is 11.9 Å². The molecule has 2 heterocycles. The number of rotatable bonds is 3. The predicted octanol–water partition coefficient (Wildman–Crippen LogP) is 1.13. The summed E-state index contributed by atoms with van der Waals surface area (Å²) in [7, 11) is -4.04. The summed E-state index contributed by atoms with van der Waals surface area (Å²) >= 11 is 1.10. The SMILES string of the molecule is CC(=O)N1CCc2cc(S(=O)(=O)NC(=O)Nc3c4c(cc5c3=CC=C5)=CC=C4)sc2C1.[NaH]. The monoisotopic (exact) mass is 477 g/mol. The van der Waals surface area contributed by atoms with Gasteiger partial charge < -0.3 is 10.2 Å². The van der Waals surface area contributed by atoms with Crippen molar-refractivity contribution in [2.45, 2.75) is 24.1 Å². The zero-order valence-electron chi connectivity index (χ0n) is 16.6. The first-order valence-electron chi connectivity index (χ1n) is 9.76. The fraction of sp³-hybridized carbons (Fsp3) is 0.182. The van der Waals surface area contributed by atoms with Gasteiger partial charge in [0.25, 0.3) is 10.0 Å². The van der Waals surface area contributed by atoms with Crippen LogP contribution in [0, 0.1) is 0 Å². The average Bonchev–Trinajstić information content (AvgIpc) is 3.45. The number of hydrogen-bond acceptors (Lipinski definition) is 5. The minimum absolute atomic E-state index is 0. The molecule has 3 aliphatic rings. The number of sulfonamides is 1. The molecule has 2 aromatic rings. The number of thiophene rings is 1. The Kier molecular flexibility index (Phi) is 6.21. The van der Waals surface area contributed by atoms with E-state index in [1.165, 1.54) is 6.92 Å². The molecule has 1 aromatic heterocycles. The van der Waals surface area contributed by atoms with Crippen molar-refractivity contribution in [3.05, 3.63) is 56.3 Å². The first-order valence-corrected chi connectivity index (χ1v) is 12.1. The minimum atomic E-state index is -4.04. The fourth-order valence-electron chi connectivity index (χ4n) is 4.03. The Morgan fingerprint density at radius 2 is 1.91 bits per heavy atom. The van der Waals surface area contributed by atoms with Crippen LogP contribution in [0.15, 0.2) is 28.5 Å². The number of urea groups is 1. The quantitative estimate of drug-likeness (QED) is 0.648. The zero-order chi connectivity index (χ0) is 21.8. The Labute approximate surface area is 211 Å². The first-order chi connectivity index (χ1) is 14.8. The molecule has 0 unspecified atom stereocenters. The maximum absolute atomic E-state index is 12.9. The third kappa shape index (κ3) is 4.11. The van der Waals surface area contributed by atoms with Gasteiger partial charge in [0.1, 0.15) is 4.21 Å². The summed E-state index contributed by atoms with van der Waals surface area (Å²) < 4.78 is 27.9. The molecule has 2 N–H and O–H groups in total. The van der Waals surface area contributed by atoms with Crippen LogP contribution in [0.2, 0.25) is 0 Å². The molecule has 3 amide bonds. The van der Waals surface area contributed by atoms with E-state index in [1.807, 2.05) is 42.5 Å². The molecule has 0 spiro atoms. The second kappa shape index (κ2) is 8.64. The number of anilines is 1. The predicted molar refractivity (Wildman–Crippen MR) is 128 cm³/mol. The number of allylic oxidation sites excluding steroid dienone is 2. The van der Waals surface area contributed by atoms with Crippen LogP contribution >= 0.6 is 11.3 Å². The van der Waals surface area contributed by atoms with Gasteiger partial charge in [-0.25, -0.2) is 17.9 Å². The standard InChI is InChI=1S/C22H19N3O4S2.Na.H/c1-13(26)25-9-8-16-11-20(30-19(16)12-25)31(28,29)24-22(27)23-21-17-6-2-4-14(17)10-15-5-3-7-18(15)21;;/h2-7,10-11H,8-9,12H2,1H3,(H2,23,24,27);;. The van der Waals surface area contributed by atoms with Crippen LogP contribution in [-0.2, 0) is 27.8 Å². The third-order valence-electron chi connectivity index (χ3n) is 5.58. The van der Waals surface area contributed by atoms with Crippen molar-refractivity contribution in [3.63, 3.8) is 0 Å². The van der Waals surface area contributed by atoms with Gasteiger partial charge in [0.15, 0.2) is 0 Å². The van der Waals surface area contributed by atoms with Gasteiger partial charge in [-0.2, -0.15) is 0 Å². The van der Waals surface area contributed by atoms with Crippen molar-refractivity contribution < 1.29 is 18.0 Å². The van der Waals surface area contributed by atoms with E-state index in [-0.39, 0.29) is 39.7 Å². The number of nitrogens with one attached hydrogen (secondary N) is 2. The topological polar surface area (TPSA) is 95.6 Å². The van der Waals surface area contributed by atoms with Gasteiger partial charge in [0, 0.05) is 29.1 Å². The second-order valence-corrected chi connectivity index (χ2v) is 10.6. The number of carbonyl (C=O) groups is 2. The number of carbonyl (C=O) groups excluding carboxylic acids is 2. The van der Waals surface area contributed by atoms with Gasteiger partial charge in [-0.3, -0.25) is 4.79 Å². The number of amides is 3. The van der Waals surface area contributed by atoms with Gasteiger partial charge >= 0.3 is 35.6 Å². The molecule has 1 aliphatic heterocycles. The van der Waals surface area contributed by atoms with Crippen LogP contribution in [0.3, 0.4) is 0 Å². The van der Waals surface area contributed by atoms with E-state index in [0.717, 1.165) is 43.3 Å². The molecular weight excluding hydrogens is 457 g/mol. The zero-order valence-corrected chi connectivity index (χ0v) is 18.3. The molecule has 0 saturated carbocycles. The van der Waals surface area contributed by atoms with E-state index in [1.54, 1.807) is 11.0 Å². The van der Waals surface area contributed by atoms with Gasteiger partial charge in [-0.05, 0) is 34.9 Å². The number of nitrogens with zero attached hydrogens (tertiary/aromatic N) is 1. The van der Waals surface area contributed by atoms with Gasteiger partial charge in [0.05, 0.1) is 12.2 Å². The van der Waals surface area contributed by atoms with Crippen molar-refractivity contribution in [3.8, 4) is 0 Å². The Morgan fingerprint density at radius 1 is 1.12 bits per heavy atom. The number of fused-ring (bicyclic) bond motifs is 3. The average molecular weight is 478 g/mol. The molecule has 0 saturated heterocycles. The Balaban J connectivity index is 0.00000245. The molecule has 0 fully saturated rings. The van der Waals surface area contributed by atoms with Crippen LogP contribution in [0.5, 0.6) is 0 Å². The van der Waals surface area contributed by atoms with Crippen LogP contribution in [-0.4, -0.2) is 61.4 Å². The van der Waals surface area contributed by atoms with E-state index in [2.05, 4.69) is 10.0 Å². The summed E-state index contributed by atoms with van der Waals surface area (Å²) in [6.07, 6.45) is 12.1. The van der Waals surface area contributed by atoms with E-state index < -0.39 is 16.1 Å². The van der Waals surface area contributed by atoms with E-state index >= 15 is 0 Å². The molecule has 160 valence electrons. The first kappa shape index (κ1) is 23.0. The molecule has 2 aliphatic carbocycles. The molecule has 1 aromatic carbocycles. The summed E-state index contributed by atoms with van der Waals surface area (Å²) in [6.45, 7) is 2.45. The van der Waals surface area contributed by atoms with Gasteiger partial charge in [-0.15, -0.1) is 11.3 Å². The van der Waals surface area contributed by atoms with Crippen molar-refractivity contribution >= 4 is 92.8 Å². The molecule has 0 bridgehead atoms. The maximum atomic E-state index is 12.9. The molecule has 7 nitrogen and oxygen atoms in total. The normalized spacial score (nSPS) is 15.1. The summed E-state index contributed by atoms with van der Waals surface area (Å²) in [5.41, 5.74) is 3.31. The molecular formula is C22H20N3NaO4S2. The van der Waals surface area contributed by atoms with Gasteiger partial charge in [0.2, 0.25) is 5.91 Å². The van der Waals surface area contributed by atoms with Crippen molar-refractivity contribution in [1.29, 1.82) is 0 Å². The summed E-state index contributed by atoms with van der Waals surface area (Å²) in [4.78, 5) is 26.8. The molecule has 10 heteroatoms. The van der Waals surface area contributed by atoms with E-state index in [4.69, 9.17) is 0 Å². The van der Waals surface area contributed by atoms with Crippen molar-refractivity contribution in [2.24, 2.45) is 0 Å². The Bertz CT molecular complexity index is 1440.